The second kappa shape index (κ2) is 8.19. The molecule has 2 rings (SSSR count). The molecule has 0 heterocycles. The second-order valence-electron chi connectivity index (χ2n) is 4.54. The Kier molecular flexibility index (Phi) is 5.99. The first kappa shape index (κ1) is 16.8. The Morgan fingerprint density at radius 2 is 1.83 bits per heavy atom. The SMILES string of the molecule is COc1ccc(CNC(=S)N/N=C\c2c(F)cccc2F)cc1. The van der Waals surface area contributed by atoms with Gasteiger partial charge in [-0.2, -0.15) is 5.10 Å². The molecule has 0 saturated carbocycles. The number of thiocarbonyl (C=S) groups is 1. The molecular formula is C16H15F2N3OS. The second-order valence-corrected chi connectivity index (χ2v) is 4.94. The molecular weight excluding hydrogens is 320 g/mol. The molecule has 0 aliphatic heterocycles. The number of hydrazone groups is 1. The van der Waals surface area contributed by atoms with Gasteiger partial charge >= 0.3 is 0 Å². The third kappa shape index (κ3) is 5.00. The average Bonchev–Trinajstić information content (AvgIpc) is 2.56. The van der Waals surface area contributed by atoms with E-state index in [0.717, 1.165) is 29.7 Å². The number of halogens is 2. The van der Waals surface area contributed by atoms with E-state index in [-0.39, 0.29) is 10.7 Å². The van der Waals surface area contributed by atoms with Gasteiger partial charge in [-0.1, -0.05) is 18.2 Å². The van der Waals surface area contributed by atoms with Crippen LogP contribution in [0.15, 0.2) is 47.6 Å². The molecule has 2 aromatic carbocycles. The van der Waals surface area contributed by atoms with Crippen LogP contribution in [0.25, 0.3) is 0 Å². The van der Waals surface area contributed by atoms with Gasteiger partial charge in [-0.3, -0.25) is 5.43 Å². The summed E-state index contributed by atoms with van der Waals surface area (Å²) >= 11 is 5.03. The summed E-state index contributed by atoms with van der Waals surface area (Å²) in [6, 6.07) is 11.1. The van der Waals surface area contributed by atoms with Gasteiger partial charge in [-0.05, 0) is 42.0 Å². The van der Waals surface area contributed by atoms with E-state index >= 15 is 0 Å². The molecule has 0 radical (unpaired) electrons. The van der Waals surface area contributed by atoms with Crippen molar-refractivity contribution in [2.45, 2.75) is 6.54 Å². The maximum atomic E-state index is 13.4. The van der Waals surface area contributed by atoms with Crippen LogP contribution in [0.3, 0.4) is 0 Å². The zero-order chi connectivity index (χ0) is 16.7. The zero-order valence-corrected chi connectivity index (χ0v) is 13.2. The molecule has 0 aliphatic rings. The maximum Gasteiger partial charge on any atom is 0.187 e. The van der Waals surface area contributed by atoms with Gasteiger partial charge in [0.1, 0.15) is 17.4 Å². The predicted molar refractivity (Wildman–Crippen MR) is 89.5 cm³/mol. The summed E-state index contributed by atoms with van der Waals surface area (Å²) in [6.45, 7) is 0.486. The van der Waals surface area contributed by atoms with E-state index in [2.05, 4.69) is 15.8 Å². The smallest absolute Gasteiger partial charge is 0.187 e. The summed E-state index contributed by atoms with van der Waals surface area (Å²) in [5.74, 6) is -0.605. The van der Waals surface area contributed by atoms with Crippen LogP contribution in [0, 0.1) is 11.6 Å². The molecule has 4 nitrogen and oxygen atoms in total. The molecule has 0 atom stereocenters. The fourth-order valence-corrected chi connectivity index (χ4v) is 1.88. The van der Waals surface area contributed by atoms with Crippen LogP contribution in [-0.2, 0) is 6.54 Å². The van der Waals surface area contributed by atoms with Gasteiger partial charge in [-0.15, -0.1) is 0 Å². The topological polar surface area (TPSA) is 45.6 Å². The minimum absolute atomic E-state index is 0.224. The van der Waals surface area contributed by atoms with Crippen LogP contribution in [-0.4, -0.2) is 18.4 Å². The predicted octanol–water partition coefficient (Wildman–Crippen LogP) is 2.97. The number of nitrogens with zero attached hydrogens (tertiary/aromatic N) is 1. The van der Waals surface area contributed by atoms with Gasteiger partial charge < -0.3 is 10.1 Å². The van der Waals surface area contributed by atoms with Crippen molar-refractivity contribution >= 4 is 23.5 Å². The molecule has 0 aliphatic carbocycles. The van der Waals surface area contributed by atoms with Crippen LogP contribution in [0.1, 0.15) is 11.1 Å². The van der Waals surface area contributed by atoms with Crippen LogP contribution in [0.2, 0.25) is 0 Å². The van der Waals surface area contributed by atoms with Crippen LogP contribution in [0.5, 0.6) is 5.75 Å². The van der Waals surface area contributed by atoms with Gasteiger partial charge in [0.05, 0.1) is 18.9 Å². The molecule has 0 saturated heterocycles. The highest BCUT2D eigenvalue weighted by molar-refractivity contribution is 7.80. The first-order chi connectivity index (χ1) is 11.1. The summed E-state index contributed by atoms with van der Waals surface area (Å²) in [4.78, 5) is 0. The maximum absolute atomic E-state index is 13.4. The Labute approximate surface area is 138 Å². The number of nitrogens with one attached hydrogen (secondary N) is 2. The Morgan fingerprint density at radius 1 is 1.17 bits per heavy atom. The summed E-state index contributed by atoms with van der Waals surface area (Å²) in [5, 5.41) is 6.90. The summed E-state index contributed by atoms with van der Waals surface area (Å²) in [5.41, 5.74) is 3.29. The number of hydrogen-bond donors (Lipinski definition) is 2. The van der Waals surface area contributed by atoms with Crippen molar-refractivity contribution in [3.63, 3.8) is 0 Å². The van der Waals surface area contributed by atoms with Gasteiger partial charge in [0, 0.05) is 6.54 Å². The van der Waals surface area contributed by atoms with Gasteiger partial charge in [0.15, 0.2) is 5.11 Å². The Bertz CT molecular complexity index is 685. The minimum atomic E-state index is -0.687. The summed E-state index contributed by atoms with van der Waals surface area (Å²) in [7, 11) is 1.60. The molecule has 0 amide bonds. The Hall–Kier alpha value is -2.54. The number of rotatable bonds is 5. The van der Waals surface area contributed by atoms with Gasteiger partial charge in [-0.25, -0.2) is 8.78 Å². The van der Waals surface area contributed by atoms with Crippen molar-refractivity contribution < 1.29 is 13.5 Å². The molecule has 120 valence electrons. The quantitative estimate of drug-likeness (QED) is 0.501. The van der Waals surface area contributed by atoms with Crippen LogP contribution < -0.4 is 15.5 Å². The van der Waals surface area contributed by atoms with Crippen molar-refractivity contribution in [2.24, 2.45) is 5.10 Å². The molecule has 2 aromatic rings. The highest BCUT2D eigenvalue weighted by atomic mass is 32.1. The summed E-state index contributed by atoms with van der Waals surface area (Å²) in [6.07, 6.45) is 1.05. The van der Waals surface area contributed by atoms with Crippen molar-refractivity contribution in [3.8, 4) is 5.75 Å². The first-order valence-corrected chi connectivity index (χ1v) is 7.15. The van der Waals surface area contributed by atoms with E-state index in [9.17, 15) is 8.78 Å². The van der Waals surface area contributed by atoms with E-state index in [1.54, 1.807) is 7.11 Å². The fourth-order valence-electron chi connectivity index (χ4n) is 1.75. The standard InChI is InChI=1S/C16H15F2N3OS/c1-22-12-7-5-11(6-8-12)9-19-16(23)21-20-10-13-14(17)3-2-4-15(13)18/h2-8,10H,9H2,1H3,(H2,19,21,23)/b20-10-. The highest BCUT2D eigenvalue weighted by Crippen LogP contribution is 2.11. The fraction of sp³-hybridized carbons (Fsp3) is 0.125. The van der Waals surface area contributed by atoms with E-state index in [1.807, 2.05) is 24.3 Å². The third-order valence-corrected chi connectivity index (χ3v) is 3.21. The lowest BCUT2D eigenvalue weighted by Crippen LogP contribution is -2.31. The van der Waals surface area contributed by atoms with E-state index in [0.29, 0.717) is 6.54 Å². The van der Waals surface area contributed by atoms with Crippen molar-refractivity contribution in [1.29, 1.82) is 0 Å². The third-order valence-electron chi connectivity index (χ3n) is 2.97. The Morgan fingerprint density at radius 3 is 2.43 bits per heavy atom. The lowest BCUT2D eigenvalue weighted by Gasteiger charge is -2.07. The minimum Gasteiger partial charge on any atom is -0.497 e. The molecule has 2 N–H and O–H groups in total. The lowest BCUT2D eigenvalue weighted by molar-refractivity contribution is 0.414. The number of ether oxygens (including phenoxy) is 1. The lowest BCUT2D eigenvalue weighted by atomic mass is 10.2. The van der Waals surface area contributed by atoms with Gasteiger partial charge in [0.2, 0.25) is 0 Å². The molecule has 0 fully saturated rings. The monoisotopic (exact) mass is 335 g/mol. The van der Waals surface area contributed by atoms with E-state index in [4.69, 9.17) is 17.0 Å². The largest absolute Gasteiger partial charge is 0.497 e. The van der Waals surface area contributed by atoms with Crippen molar-refractivity contribution in [2.75, 3.05) is 7.11 Å². The van der Waals surface area contributed by atoms with Crippen molar-refractivity contribution in [3.05, 3.63) is 65.2 Å². The number of methoxy groups -OCH3 is 1. The first-order valence-electron chi connectivity index (χ1n) is 6.74. The molecule has 23 heavy (non-hydrogen) atoms. The molecule has 0 unspecified atom stereocenters. The van der Waals surface area contributed by atoms with Gasteiger partial charge in [0.25, 0.3) is 0 Å². The normalized spacial score (nSPS) is 10.6. The summed E-state index contributed by atoms with van der Waals surface area (Å²) < 4.78 is 31.8. The number of hydrogen-bond acceptors (Lipinski definition) is 3. The molecule has 7 heteroatoms. The van der Waals surface area contributed by atoms with E-state index in [1.165, 1.54) is 6.07 Å². The zero-order valence-electron chi connectivity index (χ0n) is 12.3. The van der Waals surface area contributed by atoms with Crippen LogP contribution >= 0.6 is 12.2 Å². The van der Waals surface area contributed by atoms with Crippen LogP contribution in [0.4, 0.5) is 8.78 Å². The average molecular weight is 335 g/mol. The Balaban J connectivity index is 1.84. The van der Waals surface area contributed by atoms with E-state index < -0.39 is 11.6 Å². The number of benzene rings is 2. The highest BCUT2D eigenvalue weighted by Gasteiger charge is 2.05. The molecule has 0 bridgehead atoms. The van der Waals surface area contributed by atoms with Crippen molar-refractivity contribution in [1.82, 2.24) is 10.7 Å². The molecule has 0 spiro atoms. The molecule has 0 aromatic heterocycles.